The van der Waals surface area contributed by atoms with Crippen LogP contribution >= 0.6 is 0 Å². The summed E-state index contributed by atoms with van der Waals surface area (Å²) >= 11 is 0. The van der Waals surface area contributed by atoms with Crippen LogP contribution in [-0.4, -0.2) is 0 Å². The van der Waals surface area contributed by atoms with E-state index in [1.54, 1.807) is 0 Å². The first-order valence-electron chi connectivity index (χ1n) is 26.3. The molecule has 0 aliphatic heterocycles. The van der Waals surface area contributed by atoms with E-state index in [1.165, 1.54) is 141 Å². The van der Waals surface area contributed by atoms with Gasteiger partial charge in [-0.2, -0.15) is 0 Å². The van der Waals surface area contributed by atoms with Gasteiger partial charge in [-0.25, -0.2) is 0 Å². The molecule has 6 saturated carbocycles. The van der Waals surface area contributed by atoms with Crippen LogP contribution in [0.2, 0.25) is 0 Å². The molecule has 58 heavy (non-hydrogen) atoms. The van der Waals surface area contributed by atoms with E-state index in [9.17, 15) is 0 Å². The molecule has 0 amide bonds. The van der Waals surface area contributed by atoms with E-state index < -0.39 is 0 Å². The number of rotatable bonds is 13. The average molecular weight is 816 g/mol. The van der Waals surface area contributed by atoms with Gasteiger partial charge in [0.2, 0.25) is 0 Å². The third-order valence-electron chi connectivity index (χ3n) is 15.4. The molecule has 0 aromatic carbocycles. The van der Waals surface area contributed by atoms with E-state index >= 15 is 0 Å². The highest BCUT2D eigenvalue weighted by Gasteiger charge is 2.38. The molecule has 0 heterocycles. The zero-order valence-electron chi connectivity index (χ0n) is 43.6. The van der Waals surface area contributed by atoms with Gasteiger partial charge in [0.05, 0.1) is 0 Å². The third kappa shape index (κ3) is 26.5. The summed E-state index contributed by atoms with van der Waals surface area (Å²) in [5, 5.41) is 0. The van der Waals surface area contributed by atoms with Crippen LogP contribution in [0, 0.1) is 93.2 Å². The molecule has 0 radical (unpaired) electrons. The molecule has 6 rings (SSSR count). The van der Waals surface area contributed by atoms with Crippen LogP contribution in [0.4, 0.5) is 0 Å². The van der Waals surface area contributed by atoms with Gasteiger partial charge in [-0.1, -0.05) is 184 Å². The van der Waals surface area contributed by atoms with Crippen molar-refractivity contribution in [1.29, 1.82) is 0 Å². The maximum Gasteiger partial charge on any atom is -0.0323 e. The monoisotopic (exact) mass is 815 g/mol. The van der Waals surface area contributed by atoms with Gasteiger partial charge in [0, 0.05) is 0 Å². The minimum absolute atomic E-state index is 0. The Bertz CT molecular complexity index is 920. The zero-order valence-corrected chi connectivity index (χ0v) is 43.6. The van der Waals surface area contributed by atoms with E-state index in [-0.39, 0.29) is 7.43 Å². The third-order valence-corrected chi connectivity index (χ3v) is 15.4. The van der Waals surface area contributed by atoms with Crippen molar-refractivity contribution < 1.29 is 0 Å². The topological polar surface area (TPSA) is 0 Å². The second kappa shape index (κ2) is 28.6. The molecule has 0 spiro atoms. The summed E-state index contributed by atoms with van der Waals surface area (Å²) in [6, 6.07) is 0. The molecule has 0 aromatic heterocycles. The van der Waals surface area contributed by atoms with Gasteiger partial charge in [-0.3, -0.25) is 0 Å². The Labute approximate surface area is 372 Å². The molecule has 0 aromatic rings. The van der Waals surface area contributed by atoms with Crippen LogP contribution in [0.25, 0.3) is 0 Å². The van der Waals surface area contributed by atoms with Crippen molar-refractivity contribution in [1.82, 2.24) is 0 Å². The van der Waals surface area contributed by atoms with Gasteiger partial charge in [0.15, 0.2) is 0 Å². The highest BCUT2D eigenvalue weighted by molar-refractivity contribution is 4.88. The smallest absolute Gasteiger partial charge is 0.0323 e. The summed E-state index contributed by atoms with van der Waals surface area (Å²) in [6.07, 6.45) is 32.5. The van der Waals surface area contributed by atoms with E-state index in [0.29, 0.717) is 10.8 Å². The lowest BCUT2D eigenvalue weighted by molar-refractivity contribution is 0.0964. The second-order valence-corrected chi connectivity index (χ2v) is 26.1. The Hall–Kier alpha value is 0. The first-order chi connectivity index (χ1) is 26.3. The summed E-state index contributed by atoms with van der Waals surface area (Å²) in [5.41, 5.74) is 1.99. The number of hydrogen-bond donors (Lipinski definition) is 0. The van der Waals surface area contributed by atoms with Gasteiger partial charge in [0.1, 0.15) is 0 Å². The fourth-order valence-corrected chi connectivity index (χ4v) is 12.1. The van der Waals surface area contributed by atoms with Gasteiger partial charge in [-0.05, 0) is 189 Å². The normalized spacial score (nSPS) is 25.4. The molecule has 0 N–H and O–H groups in total. The molecule has 6 fully saturated rings. The Morgan fingerprint density at radius 3 is 1.03 bits per heavy atom. The van der Waals surface area contributed by atoms with E-state index in [1.807, 2.05) is 0 Å². The molecule has 0 atom stereocenters. The molecule has 0 nitrogen and oxygen atoms in total. The summed E-state index contributed by atoms with van der Waals surface area (Å²) in [6.45, 7) is 44.8. The molecule has 6 aliphatic carbocycles. The first kappa shape index (κ1) is 58.0. The van der Waals surface area contributed by atoms with Crippen LogP contribution in [0.3, 0.4) is 0 Å². The molecule has 0 unspecified atom stereocenters. The molecule has 0 saturated heterocycles. The predicted molar refractivity (Wildman–Crippen MR) is 269 cm³/mol. The highest BCUT2D eigenvalue weighted by Crippen LogP contribution is 2.49. The van der Waals surface area contributed by atoms with Crippen molar-refractivity contribution in [2.75, 3.05) is 0 Å². The minimum atomic E-state index is 0. The maximum atomic E-state index is 2.44. The Morgan fingerprint density at radius 2 is 0.845 bits per heavy atom. The minimum Gasteiger partial charge on any atom is -0.0776 e. The van der Waals surface area contributed by atoms with Crippen molar-refractivity contribution in [3.63, 3.8) is 0 Å². The lowest BCUT2D eigenvalue weighted by Gasteiger charge is -2.41. The Balaban J connectivity index is 0.000000671. The summed E-state index contributed by atoms with van der Waals surface area (Å²) in [5.74, 6) is 12.8. The van der Waals surface area contributed by atoms with Crippen LogP contribution in [-0.2, 0) is 0 Å². The van der Waals surface area contributed by atoms with E-state index in [0.717, 1.165) is 82.3 Å². The Kier molecular flexibility index (Phi) is 28.6. The standard InChI is InChI=1S/C11H22.C10H20.4C9H18.CH4/c1-9(2)8-11(3,4)10-6-5-7-10;1-8(2)7-10(3,4)9-5-6-9;2*1-7(2)4-9-5-8(3)6-9;1-8(2)7-9(3)5-4-6-9;1-8(2)9-6-4-3-5-7-9;/h9-10H,5-8H2,1-4H3;8-9H,5-7H2,1-4H3;2*7-9H,4-6H2,1-3H3;8H,4-7H2,1-3H3;8-9H,3-7H2,1-2H3;1H4. The molecular formula is C58H118. The lowest BCUT2D eigenvalue weighted by Crippen LogP contribution is -2.30. The molecule has 0 heteroatoms. The second-order valence-electron chi connectivity index (χ2n) is 26.1. The Morgan fingerprint density at radius 1 is 0.466 bits per heavy atom. The van der Waals surface area contributed by atoms with Gasteiger partial charge in [-0.15, -0.1) is 0 Å². The van der Waals surface area contributed by atoms with Crippen molar-refractivity contribution >= 4 is 0 Å². The van der Waals surface area contributed by atoms with Crippen molar-refractivity contribution in [2.24, 2.45) is 93.2 Å². The predicted octanol–water partition coefficient (Wildman–Crippen LogP) is 20.6. The fourth-order valence-electron chi connectivity index (χ4n) is 12.1. The van der Waals surface area contributed by atoms with E-state index in [2.05, 4.69) is 132 Å². The SMILES string of the molecule is C.CC(C)C1CCCCC1.CC(C)CC(C)(C)C1CC1.CC(C)CC(C)(C)C1CCC1.CC(C)CC1(C)CCC1.CC(C)CC1CC(C)C1.CC(C)CC1CC(C)C1. The van der Waals surface area contributed by atoms with Gasteiger partial charge >= 0.3 is 0 Å². The van der Waals surface area contributed by atoms with Crippen LogP contribution in [0.1, 0.15) is 280 Å². The van der Waals surface area contributed by atoms with Crippen molar-refractivity contribution in [2.45, 2.75) is 280 Å². The molecular weight excluding hydrogens is 697 g/mol. The van der Waals surface area contributed by atoms with Crippen molar-refractivity contribution in [3.05, 3.63) is 0 Å². The first-order valence-corrected chi connectivity index (χ1v) is 26.3. The summed E-state index contributed by atoms with van der Waals surface area (Å²) in [4.78, 5) is 0. The zero-order chi connectivity index (χ0) is 43.6. The highest BCUT2D eigenvalue weighted by atomic mass is 14.4. The van der Waals surface area contributed by atoms with Crippen molar-refractivity contribution in [3.8, 4) is 0 Å². The summed E-state index contributed by atoms with van der Waals surface area (Å²) in [7, 11) is 0. The van der Waals surface area contributed by atoms with Gasteiger partial charge in [0.25, 0.3) is 0 Å². The largest absolute Gasteiger partial charge is 0.0776 e. The quantitative estimate of drug-likeness (QED) is 0.174. The van der Waals surface area contributed by atoms with Gasteiger partial charge < -0.3 is 0 Å². The molecule has 0 bridgehead atoms. The van der Waals surface area contributed by atoms with Crippen LogP contribution in [0.5, 0.6) is 0 Å². The summed E-state index contributed by atoms with van der Waals surface area (Å²) < 4.78 is 0. The van der Waals surface area contributed by atoms with Crippen LogP contribution in [0.15, 0.2) is 0 Å². The van der Waals surface area contributed by atoms with Crippen LogP contribution < -0.4 is 0 Å². The molecule has 350 valence electrons. The lowest BCUT2D eigenvalue weighted by atomic mass is 9.64. The maximum absolute atomic E-state index is 2.44. The molecule has 6 aliphatic rings. The number of hydrogen-bond acceptors (Lipinski definition) is 0. The van der Waals surface area contributed by atoms with E-state index in [4.69, 9.17) is 0 Å². The fraction of sp³-hybridized carbons (Fsp3) is 1.00. The average Bonchev–Trinajstić information content (AvgIpc) is 3.85.